The molecule has 2 amide bonds. The summed E-state index contributed by atoms with van der Waals surface area (Å²) in [4.78, 5) is 50.9. The van der Waals surface area contributed by atoms with Crippen LogP contribution in [0.5, 0.6) is 0 Å². The lowest BCUT2D eigenvalue weighted by atomic mass is 9.88. The second-order valence-electron chi connectivity index (χ2n) is 6.11. The molecular weight excluding hydrogens is 314 g/mol. The van der Waals surface area contributed by atoms with Crippen LogP contribution >= 0.6 is 0 Å². The second-order valence-corrected chi connectivity index (χ2v) is 6.11. The first-order valence-corrected chi connectivity index (χ1v) is 7.71. The van der Waals surface area contributed by atoms with Crippen molar-refractivity contribution >= 4 is 18.3 Å². The van der Waals surface area contributed by atoms with Gasteiger partial charge in [-0.1, -0.05) is 0 Å². The van der Waals surface area contributed by atoms with Crippen LogP contribution in [0.3, 0.4) is 0 Å². The molecule has 1 aromatic heterocycles. The van der Waals surface area contributed by atoms with Crippen LogP contribution in [0.4, 0.5) is 0 Å². The molecule has 0 spiro atoms. The SMILES string of the molecule is Cc1ccc(C(=O)N2C[C@H]3CCN(C)C(=O)[C@H]3C2)c(=O)[nH]1.O=CO. The Bertz CT molecular complexity index is 699. The lowest BCUT2D eigenvalue weighted by Gasteiger charge is -2.30. The summed E-state index contributed by atoms with van der Waals surface area (Å²) in [7, 11) is 1.80. The van der Waals surface area contributed by atoms with Crippen molar-refractivity contribution in [2.75, 3.05) is 26.7 Å². The molecule has 3 rings (SSSR count). The molecule has 2 aliphatic heterocycles. The standard InChI is InChI=1S/C15H19N3O3.CH2O2/c1-9-3-4-11(13(19)16-9)15(21)18-7-10-5-6-17(2)14(20)12(10)8-18;2-1-3/h3-4,10,12H,5-8H2,1-2H3,(H,16,19);1H,(H,2,3)/t10-,12+;/m1./s1. The summed E-state index contributed by atoms with van der Waals surface area (Å²) in [6, 6.07) is 3.28. The van der Waals surface area contributed by atoms with Crippen LogP contribution in [0, 0.1) is 18.8 Å². The number of likely N-dealkylation sites (tertiary alicyclic amines) is 2. The van der Waals surface area contributed by atoms with E-state index in [1.807, 2.05) is 0 Å². The number of aryl methyl sites for hydroxylation is 1. The summed E-state index contributed by atoms with van der Waals surface area (Å²) >= 11 is 0. The van der Waals surface area contributed by atoms with Gasteiger partial charge in [-0.05, 0) is 31.4 Å². The minimum Gasteiger partial charge on any atom is -0.483 e. The normalized spacial score (nSPS) is 22.5. The molecule has 2 N–H and O–H groups in total. The van der Waals surface area contributed by atoms with E-state index in [-0.39, 0.29) is 41.2 Å². The highest BCUT2D eigenvalue weighted by atomic mass is 16.3. The van der Waals surface area contributed by atoms with Crippen molar-refractivity contribution < 1.29 is 19.5 Å². The van der Waals surface area contributed by atoms with Gasteiger partial charge in [0.15, 0.2) is 0 Å². The van der Waals surface area contributed by atoms with Gasteiger partial charge >= 0.3 is 0 Å². The van der Waals surface area contributed by atoms with E-state index in [0.29, 0.717) is 13.1 Å². The summed E-state index contributed by atoms with van der Waals surface area (Å²) < 4.78 is 0. The molecule has 2 atom stereocenters. The number of hydrogen-bond acceptors (Lipinski definition) is 4. The number of rotatable bonds is 1. The number of H-pyrrole nitrogens is 1. The minimum atomic E-state index is -0.363. The number of carboxylic acid groups (broad SMARTS) is 1. The third-order valence-corrected chi connectivity index (χ3v) is 4.54. The minimum absolute atomic E-state index is 0.111. The van der Waals surface area contributed by atoms with Crippen LogP contribution in [0.25, 0.3) is 0 Å². The third-order valence-electron chi connectivity index (χ3n) is 4.54. The molecule has 2 saturated heterocycles. The van der Waals surface area contributed by atoms with E-state index < -0.39 is 0 Å². The number of carbonyl (C=O) groups excluding carboxylic acids is 2. The predicted molar refractivity (Wildman–Crippen MR) is 85.6 cm³/mol. The zero-order valence-corrected chi connectivity index (χ0v) is 13.7. The number of fused-ring (bicyclic) bond motifs is 1. The van der Waals surface area contributed by atoms with Crippen LogP contribution in [-0.2, 0) is 9.59 Å². The zero-order valence-electron chi connectivity index (χ0n) is 13.7. The van der Waals surface area contributed by atoms with Gasteiger partial charge in [0, 0.05) is 32.4 Å². The van der Waals surface area contributed by atoms with E-state index in [4.69, 9.17) is 9.90 Å². The molecule has 3 heterocycles. The van der Waals surface area contributed by atoms with Crippen molar-refractivity contribution in [3.8, 4) is 0 Å². The number of hydrogen-bond donors (Lipinski definition) is 2. The molecule has 0 saturated carbocycles. The Labute approximate surface area is 139 Å². The van der Waals surface area contributed by atoms with Crippen LogP contribution in [0.2, 0.25) is 0 Å². The van der Waals surface area contributed by atoms with Gasteiger partial charge in [-0.3, -0.25) is 19.2 Å². The fourth-order valence-corrected chi connectivity index (χ4v) is 3.27. The number of nitrogens with zero attached hydrogens (tertiary/aromatic N) is 2. The summed E-state index contributed by atoms with van der Waals surface area (Å²) in [6.07, 6.45) is 0.918. The molecule has 1 aromatic rings. The van der Waals surface area contributed by atoms with E-state index in [0.717, 1.165) is 18.7 Å². The Morgan fingerprint density at radius 2 is 2.00 bits per heavy atom. The fourth-order valence-electron chi connectivity index (χ4n) is 3.27. The number of aromatic amines is 1. The maximum atomic E-state index is 12.5. The first-order chi connectivity index (χ1) is 11.4. The average Bonchev–Trinajstić information content (AvgIpc) is 2.96. The predicted octanol–water partition coefficient (Wildman–Crippen LogP) is -0.0656. The smallest absolute Gasteiger partial charge is 0.290 e. The monoisotopic (exact) mass is 335 g/mol. The van der Waals surface area contributed by atoms with Gasteiger partial charge in [0.05, 0.1) is 5.92 Å². The summed E-state index contributed by atoms with van der Waals surface area (Å²) in [6.45, 7) is 3.25. The molecule has 0 unspecified atom stereocenters. The Morgan fingerprint density at radius 1 is 1.33 bits per heavy atom. The molecule has 8 heteroatoms. The number of piperidine rings is 1. The quantitative estimate of drug-likeness (QED) is 0.698. The zero-order chi connectivity index (χ0) is 17.9. The number of amides is 2. The molecule has 0 radical (unpaired) electrons. The average molecular weight is 335 g/mol. The Morgan fingerprint density at radius 3 is 2.62 bits per heavy atom. The Balaban J connectivity index is 0.000000647. The van der Waals surface area contributed by atoms with Gasteiger partial charge in [-0.25, -0.2) is 0 Å². The lowest BCUT2D eigenvalue weighted by Crippen LogP contribution is -2.42. The van der Waals surface area contributed by atoms with Crippen LogP contribution in [0.15, 0.2) is 16.9 Å². The van der Waals surface area contributed by atoms with E-state index >= 15 is 0 Å². The number of nitrogens with one attached hydrogen (secondary N) is 1. The molecule has 0 aromatic carbocycles. The molecule has 0 bridgehead atoms. The summed E-state index contributed by atoms with van der Waals surface area (Å²) in [5.41, 5.74) is 0.516. The van der Waals surface area contributed by atoms with Gasteiger partial charge in [0.1, 0.15) is 5.56 Å². The van der Waals surface area contributed by atoms with Crippen molar-refractivity contribution in [3.63, 3.8) is 0 Å². The first-order valence-electron chi connectivity index (χ1n) is 7.71. The second kappa shape index (κ2) is 7.29. The summed E-state index contributed by atoms with van der Waals surface area (Å²) in [5.74, 6) is -0.0557. The maximum absolute atomic E-state index is 12.5. The van der Waals surface area contributed by atoms with Crippen molar-refractivity contribution in [1.29, 1.82) is 0 Å². The highest BCUT2D eigenvalue weighted by molar-refractivity contribution is 5.94. The van der Waals surface area contributed by atoms with Crippen molar-refractivity contribution in [3.05, 3.63) is 33.7 Å². The molecule has 130 valence electrons. The van der Waals surface area contributed by atoms with E-state index in [2.05, 4.69) is 4.98 Å². The van der Waals surface area contributed by atoms with Gasteiger partial charge in [0.25, 0.3) is 17.9 Å². The topological polar surface area (TPSA) is 111 Å². The highest BCUT2D eigenvalue weighted by Crippen LogP contribution is 2.32. The largest absolute Gasteiger partial charge is 0.483 e. The third kappa shape index (κ3) is 3.47. The lowest BCUT2D eigenvalue weighted by molar-refractivity contribution is -0.137. The molecule has 2 fully saturated rings. The number of pyridine rings is 1. The van der Waals surface area contributed by atoms with Crippen molar-refractivity contribution in [1.82, 2.24) is 14.8 Å². The highest BCUT2D eigenvalue weighted by Gasteiger charge is 2.43. The number of aromatic nitrogens is 1. The number of carbonyl (C=O) groups is 3. The van der Waals surface area contributed by atoms with Crippen LogP contribution in [0.1, 0.15) is 22.5 Å². The Kier molecular flexibility index (Phi) is 5.38. The molecule has 24 heavy (non-hydrogen) atoms. The van der Waals surface area contributed by atoms with Crippen LogP contribution in [-0.4, -0.2) is 64.9 Å². The van der Waals surface area contributed by atoms with E-state index in [9.17, 15) is 14.4 Å². The van der Waals surface area contributed by atoms with Gasteiger partial charge < -0.3 is 19.9 Å². The van der Waals surface area contributed by atoms with Crippen LogP contribution < -0.4 is 5.56 Å². The molecule has 0 aliphatic carbocycles. The van der Waals surface area contributed by atoms with Gasteiger partial charge in [-0.2, -0.15) is 0 Å². The fraction of sp³-hybridized carbons (Fsp3) is 0.500. The molecular formula is C16H21N3O5. The maximum Gasteiger partial charge on any atom is 0.290 e. The van der Waals surface area contributed by atoms with Crippen molar-refractivity contribution in [2.24, 2.45) is 11.8 Å². The Hall–Kier alpha value is -2.64. The van der Waals surface area contributed by atoms with Crippen molar-refractivity contribution in [2.45, 2.75) is 13.3 Å². The molecule has 2 aliphatic rings. The van der Waals surface area contributed by atoms with E-state index in [1.165, 1.54) is 0 Å². The molecule has 8 nitrogen and oxygen atoms in total. The van der Waals surface area contributed by atoms with Gasteiger partial charge in [0.2, 0.25) is 5.91 Å². The summed E-state index contributed by atoms with van der Waals surface area (Å²) in [5, 5.41) is 6.89. The van der Waals surface area contributed by atoms with Gasteiger partial charge in [-0.15, -0.1) is 0 Å². The first kappa shape index (κ1) is 17.7. The van der Waals surface area contributed by atoms with E-state index in [1.54, 1.807) is 35.9 Å².